The normalized spacial score (nSPS) is 23.1. The van der Waals surface area contributed by atoms with Crippen LogP contribution in [0.15, 0.2) is 24.3 Å². The molecule has 1 aromatic rings. The van der Waals surface area contributed by atoms with Crippen molar-refractivity contribution < 1.29 is 19.1 Å². The number of carbonyl (C=O) groups excluding carboxylic acids is 2. The zero-order valence-corrected chi connectivity index (χ0v) is 11.2. The molecule has 106 valence electrons. The highest BCUT2D eigenvalue weighted by atomic mass is 16.6. The van der Waals surface area contributed by atoms with E-state index >= 15 is 0 Å². The van der Waals surface area contributed by atoms with Gasteiger partial charge in [0.2, 0.25) is 0 Å². The third-order valence-electron chi connectivity index (χ3n) is 3.64. The van der Waals surface area contributed by atoms with Gasteiger partial charge in [-0.05, 0) is 18.6 Å². The molecular formula is C15H17NO4. The number of fused-ring (bicyclic) bond motifs is 1. The van der Waals surface area contributed by atoms with Crippen molar-refractivity contribution in [2.45, 2.75) is 18.9 Å². The van der Waals surface area contributed by atoms with Gasteiger partial charge in [-0.1, -0.05) is 12.1 Å². The maximum absolute atomic E-state index is 12.6. The first-order chi connectivity index (χ1) is 9.77. The Bertz CT molecular complexity index is 522. The summed E-state index contributed by atoms with van der Waals surface area (Å²) in [7, 11) is 0. The third-order valence-corrected chi connectivity index (χ3v) is 3.64. The number of anilines is 1. The Hall–Kier alpha value is -1.72. The molecule has 20 heavy (non-hydrogen) atoms. The number of benzene rings is 1. The van der Waals surface area contributed by atoms with Crippen molar-refractivity contribution in [3.63, 3.8) is 0 Å². The number of hydrogen-bond acceptors (Lipinski definition) is 4. The predicted molar refractivity (Wildman–Crippen MR) is 72.9 cm³/mol. The number of ether oxygens (including phenoxy) is 2. The SMILES string of the molecule is O=C1CCCN(C(=O)C2COCCO2)c2ccccc21. The quantitative estimate of drug-likeness (QED) is 0.777. The van der Waals surface area contributed by atoms with Gasteiger partial charge in [0.15, 0.2) is 11.9 Å². The number of rotatable bonds is 1. The summed E-state index contributed by atoms with van der Waals surface area (Å²) in [5.74, 6) is -0.0245. The molecule has 0 aliphatic carbocycles. The van der Waals surface area contributed by atoms with Gasteiger partial charge in [-0.3, -0.25) is 9.59 Å². The summed E-state index contributed by atoms with van der Waals surface area (Å²) in [5.41, 5.74) is 1.31. The van der Waals surface area contributed by atoms with Gasteiger partial charge in [-0.2, -0.15) is 0 Å². The number of nitrogens with zero attached hydrogens (tertiary/aromatic N) is 1. The zero-order chi connectivity index (χ0) is 13.9. The van der Waals surface area contributed by atoms with Gasteiger partial charge in [0.1, 0.15) is 0 Å². The third kappa shape index (κ3) is 2.46. The molecule has 0 radical (unpaired) electrons. The highest BCUT2D eigenvalue weighted by Crippen LogP contribution is 2.27. The van der Waals surface area contributed by atoms with Gasteiger partial charge in [-0.25, -0.2) is 0 Å². The smallest absolute Gasteiger partial charge is 0.258 e. The topological polar surface area (TPSA) is 55.8 Å². The van der Waals surface area contributed by atoms with Crippen molar-refractivity contribution in [1.29, 1.82) is 0 Å². The average Bonchev–Trinajstić information content (AvgIpc) is 2.67. The first-order valence-corrected chi connectivity index (χ1v) is 6.90. The summed E-state index contributed by atoms with van der Waals surface area (Å²) in [5, 5.41) is 0. The fourth-order valence-corrected chi connectivity index (χ4v) is 2.63. The van der Waals surface area contributed by atoms with Gasteiger partial charge in [0.05, 0.1) is 25.5 Å². The first kappa shape index (κ1) is 13.3. The molecule has 0 spiro atoms. The highest BCUT2D eigenvalue weighted by Gasteiger charge is 2.31. The molecule has 0 N–H and O–H groups in total. The number of ketones is 1. The number of carbonyl (C=O) groups is 2. The van der Waals surface area contributed by atoms with Crippen molar-refractivity contribution in [2.24, 2.45) is 0 Å². The highest BCUT2D eigenvalue weighted by molar-refractivity contribution is 6.07. The number of amides is 1. The summed E-state index contributed by atoms with van der Waals surface area (Å²) >= 11 is 0. The zero-order valence-electron chi connectivity index (χ0n) is 11.2. The molecule has 1 saturated heterocycles. The minimum atomic E-state index is -0.565. The van der Waals surface area contributed by atoms with Gasteiger partial charge < -0.3 is 14.4 Å². The standard InChI is InChI=1S/C15H17NO4/c17-13-6-3-7-16(12-5-2-1-4-11(12)13)15(18)14-10-19-8-9-20-14/h1-2,4-5,14H,3,6-10H2. The van der Waals surface area contributed by atoms with Crippen LogP contribution in [-0.4, -0.2) is 44.2 Å². The van der Waals surface area contributed by atoms with Gasteiger partial charge in [-0.15, -0.1) is 0 Å². The molecule has 0 bridgehead atoms. The van der Waals surface area contributed by atoms with Crippen molar-refractivity contribution in [3.05, 3.63) is 29.8 Å². The van der Waals surface area contributed by atoms with E-state index in [-0.39, 0.29) is 18.3 Å². The largest absolute Gasteiger partial charge is 0.376 e. The number of Topliss-reactive ketones (excluding diaryl/α,β-unsaturated/α-hetero) is 1. The van der Waals surface area contributed by atoms with Crippen LogP contribution in [-0.2, 0) is 14.3 Å². The van der Waals surface area contributed by atoms with Crippen LogP contribution < -0.4 is 4.90 Å². The Morgan fingerprint density at radius 3 is 2.90 bits per heavy atom. The van der Waals surface area contributed by atoms with E-state index in [4.69, 9.17) is 9.47 Å². The summed E-state index contributed by atoms with van der Waals surface area (Å²) in [4.78, 5) is 26.3. The lowest BCUT2D eigenvalue weighted by atomic mass is 10.1. The molecule has 1 unspecified atom stereocenters. The molecular weight excluding hydrogens is 258 g/mol. The monoisotopic (exact) mass is 275 g/mol. The molecule has 1 atom stereocenters. The van der Waals surface area contributed by atoms with Gasteiger partial charge in [0.25, 0.3) is 5.91 Å². The van der Waals surface area contributed by atoms with E-state index in [1.54, 1.807) is 11.0 Å². The lowest BCUT2D eigenvalue weighted by Gasteiger charge is -2.29. The molecule has 2 aliphatic rings. The van der Waals surface area contributed by atoms with Crippen molar-refractivity contribution in [2.75, 3.05) is 31.3 Å². The Morgan fingerprint density at radius 1 is 1.25 bits per heavy atom. The summed E-state index contributed by atoms with van der Waals surface area (Å²) < 4.78 is 10.8. The molecule has 3 rings (SSSR count). The van der Waals surface area contributed by atoms with E-state index in [9.17, 15) is 9.59 Å². The van der Waals surface area contributed by atoms with Crippen molar-refractivity contribution in [3.8, 4) is 0 Å². The van der Waals surface area contributed by atoms with Crippen molar-refractivity contribution >= 4 is 17.4 Å². The first-order valence-electron chi connectivity index (χ1n) is 6.90. The van der Waals surface area contributed by atoms with Crippen LogP contribution in [0.2, 0.25) is 0 Å². The molecule has 5 heteroatoms. The van der Waals surface area contributed by atoms with E-state index < -0.39 is 6.10 Å². The predicted octanol–water partition coefficient (Wildman–Crippen LogP) is 1.41. The van der Waals surface area contributed by atoms with E-state index in [0.717, 1.165) is 0 Å². The Kier molecular flexibility index (Phi) is 3.80. The van der Waals surface area contributed by atoms with Crippen LogP contribution in [0.5, 0.6) is 0 Å². The maximum atomic E-state index is 12.6. The maximum Gasteiger partial charge on any atom is 0.258 e. The van der Waals surface area contributed by atoms with Crippen LogP contribution in [0.25, 0.3) is 0 Å². The summed E-state index contributed by atoms with van der Waals surface area (Å²) in [6, 6.07) is 7.27. The van der Waals surface area contributed by atoms with Crippen LogP contribution in [0.1, 0.15) is 23.2 Å². The summed E-state index contributed by atoms with van der Waals surface area (Å²) in [6.07, 6.45) is 0.584. The second-order valence-corrected chi connectivity index (χ2v) is 4.97. The number of hydrogen-bond donors (Lipinski definition) is 0. The number of para-hydroxylation sites is 1. The second-order valence-electron chi connectivity index (χ2n) is 4.97. The van der Waals surface area contributed by atoms with Gasteiger partial charge >= 0.3 is 0 Å². The molecule has 0 aromatic heterocycles. The van der Waals surface area contributed by atoms with Crippen LogP contribution in [0.4, 0.5) is 5.69 Å². The molecule has 0 saturated carbocycles. The van der Waals surface area contributed by atoms with E-state index in [2.05, 4.69) is 0 Å². The van der Waals surface area contributed by atoms with Gasteiger partial charge in [0, 0.05) is 18.5 Å². The molecule has 2 aliphatic heterocycles. The molecule has 5 nitrogen and oxygen atoms in total. The fraction of sp³-hybridized carbons (Fsp3) is 0.467. The average molecular weight is 275 g/mol. The summed E-state index contributed by atoms with van der Waals surface area (Å²) in [6.45, 7) is 1.79. The lowest BCUT2D eigenvalue weighted by molar-refractivity contribution is -0.144. The van der Waals surface area contributed by atoms with Crippen LogP contribution >= 0.6 is 0 Å². The molecule has 1 amide bonds. The molecule has 1 aromatic carbocycles. The fourth-order valence-electron chi connectivity index (χ4n) is 2.63. The van der Waals surface area contributed by atoms with E-state index in [1.807, 2.05) is 18.2 Å². The minimum Gasteiger partial charge on any atom is -0.376 e. The Labute approximate surface area is 117 Å². The Morgan fingerprint density at radius 2 is 2.10 bits per heavy atom. The van der Waals surface area contributed by atoms with Crippen LogP contribution in [0, 0.1) is 0 Å². The van der Waals surface area contributed by atoms with Crippen LogP contribution in [0.3, 0.4) is 0 Å². The Balaban J connectivity index is 1.90. The molecule has 1 fully saturated rings. The second kappa shape index (κ2) is 5.73. The van der Waals surface area contributed by atoms with E-state index in [1.165, 1.54) is 0 Å². The van der Waals surface area contributed by atoms with E-state index in [0.29, 0.717) is 43.9 Å². The lowest BCUT2D eigenvalue weighted by Crippen LogP contribution is -2.45. The molecule has 2 heterocycles. The van der Waals surface area contributed by atoms with Crippen molar-refractivity contribution in [1.82, 2.24) is 0 Å². The minimum absolute atomic E-state index is 0.0942.